The lowest BCUT2D eigenvalue weighted by molar-refractivity contribution is -0.189. The van der Waals surface area contributed by atoms with Crippen LogP contribution in [0.5, 0.6) is 0 Å². The van der Waals surface area contributed by atoms with Crippen LogP contribution < -0.4 is 5.32 Å². The first kappa shape index (κ1) is 17.2. The summed E-state index contributed by atoms with van der Waals surface area (Å²) >= 11 is 0. The average Bonchev–Trinajstić information content (AvgIpc) is 2.66. The number of aliphatic hydroxyl groups is 1. The summed E-state index contributed by atoms with van der Waals surface area (Å²) in [6.45, 7) is 1.08. The number of fused-ring (bicyclic) bond motifs is 1. The molecular weight excluding hydrogens is 312 g/mol. The number of hydrogen-bond donors (Lipinski definition) is 2. The second kappa shape index (κ2) is 6.70. The minimum absolute atomic E-state index is 0.0493. The molecule has 1 fully saturated rings. The molecule has 0 spiro atoms. The van der Waals surface area contributed by atoms with Crippen LogP contribution in [0.4, 0.5) is 8.78 Å². The van der Waals surface area contributed by atoms with Crippen LogP contribution in [-0.2, 0) is 6.54 Å². The molecule has 2 aromatic rings. The highest BCUT2D eigenvalue weighted by molar-refractivity contribution is 5.81. The van der Waals surface area contributed by atoms with Gasteiger partial charge in [0, 0.05) is 43.8 Å². The third-order valence-corrected chi connectivity index (χ3v) is 4.70. The predicted octanol–water partition coefficient (Wildman–Crippen LogP) is 2.42. The number of aromatic nitrogens is 1. The van der Waals surface area contributed by atoms with E-state index in [4.69, 9.17) is 0 Å². The monoisotopic (exact) mass is 335 g/mol. The van der Waals surface area contributed by atoms with E-state index in [0.29, 0.717) is 13.1 Å². The van der Waals surface area contributed by atoms with Crippen LogP contribution in [0.1, 0.15) is 18.4 Å². The lowest BCUT2D eigenvalue weighted by Gasteiger charge is -2.37. The maximum absolute atomic E-state index is 14.3. The van der Waals surface area contributed by atoms with Crippen molar-refractivity contribution in [2.24, 2.45) is 0 Å². The van der Waals surface area contributed by atoms with Crippen molar-refractivity contribution >= 4 is 10.8 Å². The van der Waals surface area contributed by atoms with Gasteiger partial charge in [-0.1, -0.05) is 12.1 Å². The Bertz CT molecular complexity index is 709. The van der Waals surface area contributed by atoms with Gasteiger partial charge in [-0.3, -0.25) is 9.88 Å². The molecule has 1 aromatic heterocycles. The fraction of sp³-hybridized carbons (Fsp3) is 0.500. The molecule has 0 aliphatic carbocycles. The van der Waals surface area contributed by atoms with Gasteiger partial charge in [0.2, 0.25) is 0 Å². The summed E-state index contributed by atoms with van der Waals surface area (Å²) in [6.07, 6.45) is 3.25. The van der Waals surface area contributed by atoms with Gasteiger partial charge in [-0.15, -0.1) is 0 Å². The highest BCUT2D eigenvalue weighted by atomic mass is 19.3. The normalized spacial score (nSPS) is 24.2. The smallest absolute Gasteiger partial charge is 0.278 e. The summed E-state index contributed by atoms with van der Waals surface area (Å²) in [4.78, 5) is 5.85. The molecule has 1 saturated heterocycles. The molecule has 24 heavy (non-hydrogen) atoms. The fourth-order valence-electron chi connectivity index (χ4n) is 3.32. The molecule has 6 heteroatoms. The largest absolute Gasteiger partial charge is 0.382 e. The minimum Gasteiger partial charge on any atom is -0.382 e. The zero-order valence-electron chi connectivity index (χ0n) is 13.8. The Kier molecular flexibility index (Phi) is 4.80. The van der Waals surface area contributed by atoms with Gasteiger partial charge >= 0.3 is 0 Å². The van der Waals surface area contributed by atoms with Crippen molar-refractivity contribution in [3.63, 3.8) is 0 Å². The van der Waals surface area contributed by atoms with Gasteiger partial charge < -0.3 is 10.4 Å². The Balaban J connectivity index is 1.72. The molecule has 4 nitrogen and oxygen atoms in total. The first-order valence-electron chi connectivity index (χ1n) is 8.22. The molecule has 1 aromatic carbocycles. The van der Waals surface area contributed by atoms with Gasteiger partial charge in [0.15, 0.2) is 0 Å². The maximum Gasteiger partial charge on any atom is 0.278 e. The van der Waals surface area contributed by atoms with Crippen molar-refractivity contribution in [1.82, 2.24) is 15.2 Å². The van der Waals surface area contributed by atoms with Crippen molar-refractivity contribution in [3.05, 3.63) is 42.2 Å². The van der Waals surface area contributed by atoms with Crippen molar-refractivity contribution in [1.29, 1.82) is 0 Å². The molecule has 2 N–H and O–H groups in total. The molecule has 1 unspecified atom stereocenters. The number of alkyl halides is 2. The number of benzene rings is 1. The Hall–Kier alpha value is -1.63. The SMILES string of the molecule is CN(Cc1ccc2cnccc2c1)CC1(O)CCNCCC1(F)F. The van der Waals surface area contributed by atoms with Crippen LogP contribution in [0.3, 0.4) is 0 Å². The van der Waals surface area contributed by atoms with E-state index in [-0.39, 0.29) is 25.9 Å². The number of nitrogens with zero attached hydrogens (tertiary/aromatic N) is 2. The molecule has 130 valence electrons. The molecular formula is C18H23F2N3O. The summed E-state index contributed by atoms with van der Waals surface area (Å²) in [5.74, 6) is -3.08. The Morgan fingerprint density at radius 1 is 1.21 bits per heavy atom. The van der Waals surface area contributed by atoms with Gasteiger partial charge in [0.1, 0.15) is 5.60 Å². The molecule has 0 radical (unpaired) electrons. The molecule has 1 atom stereocenters. The van der Waals surface area contributed by atoms with Crippen molar-refractivity contribution in [2.45, 2.75) is 30.9 Å². The summed E-state index contributed by atoms with van der Waals surface area (Å²) < 4.78 is 28.6. The van der Waals surface area contributed by atoms with Gasteiger partial charge in [-0.25, -0.2) is 8.78 Å². The number of pyridine rings is 1. The Morgan fingerprint density at radius 2 is 2.00 bits per heavy atom. The van der Waals surface area contributed by atoms with E-state index in [1.54, 1.807) is 24.3 Å². The number of likely N-dealkylation sites (N-methyl/N-ethyl adjacent to an activating group) is 1. The van der Waals surface area contributed by atoms with E-state index < -0.39 is 11.5 Å². The average molecular weight is 335 g/mol. The third-order valence-electron chi connectivity index (χ3n) is 4.70. The van der Waals surface area contributed by atoms with Crippen molar-refractivity contribution in [2.75, 3.05) is 26.7 Å². The molecule has 2 heterocycles. The van der Waals surface area contributed by atoms with Crippen molar-refractivity contribution in [3.8, 4) is 0 Å². The van der Waals surface area contributed by atoms with Gasteiger partial charge in [0.05, 0.1) is 0 Å². The molecule has 0 saturated carbocycles. The Labute approximate surface area is 140 Å². The van der Waals surface area contributed by atoms with Crippen LogP contribution in [0.2, 0.25) is 0 Å². The Morgan fingerprint density at radius 3 is 2.83 bits per heavy atom. The zero-order chi connectivity index (χ0) is 17.2. The van der Waals surface area contributed by atoms with E-state index in [2.05, 4.69) is 10.3 Å². The van der Waals surface area contributed by atoms with Gasteiger partial charge in [0.25, 0.3) is 5.92 Å². The third kappa shape index (κ3) is 3.55. The second-order valence-electron chi connectivity index (χ2n) is 6.72. The molecule has 0 amide bonds. The predicted molar refractivity (Wildman–Crippen MR) is 90.1 cm³/mol. The van der Waals surface area contributed by atoms with Crippen LogP contribution in [0.15, 0.2) is 36.7 Å². The first-order valence-corrected chi connectivity index (χ1v) is 8.22. The number of halogens is 2. The first-order chi connectivity index (χ1) is 11.4. The fourth-order valence-corrected chi connectivity index (χ4v) is 3.32. The number of nitrogens with one attached hydrogen (secondary N) is 1. The zero-order valence-corrected chi connectivity index (χ0v) is 13.8. The summed E-state index contributed by atoms with van der Waals surface area (Å²) in [6, 6.07) is 7.91. The van der Waals surface area contributed by atoms with Gasteiger partial charge in [-0.2, -0.15) is 0 Å². The van der Waals surface area contributed by atoms with E-state index in [0.717, 1.165) is 16.3 Å². The van der Waals surface area contributed by atoms with Gasteiger partial charge in [-0.05, 0) is 43.1 Å². The van der Waals surface area contributed by atoms with E-state index in [1.807, 2.05) is 24.3 Å². The minimum atomic E-state index is -3.08. The summed E-state index contributed by atoms with van der Waals surface area (Å²) in [5.41, 5.74) is -0.971. The standard InChI is InChI=1S/C18H23F2N3O/c1-23(13-17(24)5-8-21-9-6-18(17,19)20)12-14-2-3-16-11-22-7-4-15(16)10-14/h2-4,7,10-11,21,24H,5-6,8-9,12-13H2,1H3. The summed E-state index contributed by atoms with van der Waals surface area (Å²) in [5, 5.41) is 15.6. The van der Waals surface area contributed by atoms with Crippen LogP contribution in [0, 0.1) is 0 Å². The topological polar surface area (TPSA) is 48.4 Å². The summed E-state index contributed by atoms with van der Waals surface area (Å²) in [7, 11) is 1.77. The molecule has 0 bridgehead atoms. The van der Waals surface area contributed by atoms with Crippen molar-refractivity contribution < 1.29 is 13.9 Å². The van der Waals surface area contributed by atoms with E-state index in [9.17, 15) is 13.9 Å². The number of hydrogen-bond acceptors (Lipinski definition) is 4. The van der Waals surface area contributed by atoms with E-state index >= 15 is 0 Å². The highest BCUT2D eigenvalue weighted by Gasteiger charge is 2.52. The number of rotatable bonds is 4. The second-order valence-corrected chi connectivity index (χ2v) is 6.72. The maximum atomic E-state index is 14.3. The molecule has 1 aliphatic heterocycles. The lowest BCUT2D eigenvalue weighted by Crippen LogP contribution is -2.54. The molecule has 1 aliphatic rings. The van der Waals surface area contributed by atoms with E-state index in [1.165, 1.54) is 0 Å². The van der Waals surface area contributed by atoms with Crippen LogP contribution in [-0.4, -0.2) is 53.2 Å². The van der Waals surface area contributed by atoms with Crippen LogP contribution >= 0.6 is 0 Å². The lowest BCUT2D eigenvalue weighted by atomic mass is 9.90. The highest BCUT2D eigenvalue weighted by Crippen LogP contribution is 2.36. The van der Waals surface area contributed by atoms with Crippen LogP contribution in [0.25, 0.3) is 10.8 Å². The quantitative estimate of drug-likeness (QED) is 0.901. The molecule has 3 rings (SSSR count).